The standard InChI is InChI=1S/C14H11FN2O3S/c1-21(19,20)9-3-5-11-12(7-9)17-14(16-11)10-4-2-8(15)6-13(10)18/h2-7,18H,1H3,(H,16,17). The number of hydrogen-bond acceptors (Lipinski definition) is 4. The minimum absolute atomic E-state index is 0.175. The third-order valence-electron chi connectivity index (χ3n) is 3.10. The van der Waals surface area contributed by atoms with Gasteiger partial charge in [-0.15, -0.1) is 0 Å². The number of nitrogens with zero attached hydrogens (tertiary/aromatic N) is 1. The number of hydrogen-bond donors (Lipinski definition) is 2. The van der Waals surface area contributed by atoms with Crippen LogP contribution >= 0.6 is 0 Å². The Hall–Kier alpha value is -2.41. The first kappa shape index (κ1) is 13.6. The van der Waals surface area contributed by atoms with Gasteiger partial charge in [0.25, 0.3) is 0 Å². The number of halogens is 1. The van der Waals surface area contributed by atoms with Crippen LogP contribution < -0.4 is 0 Å². The summed E-state index contributed by atoms with van der Waals surface area (Å²) in [5, 5.41) is 9.76. The van der Waals surface area contributed by atoms with Crippen molar-refractivity contribution in [3.8, 4) is 17.1 Å². The summed E-state index contributed by atoms with van der Waals surface area (Å²) in [5.74, 6) is -0.447. The van der Waals surface area contributed by atoms with Gasteiger partial charge in [0, 0.05) is 12.3 Å². The van der Waals surface area contributed by atoms with Gasteiger partial charge in [0.15, 0.2) is 9.84 Å². The Balaban J connectivity index is 2.17. The van der Waals surface area contributed by atoms with Crippen LogP contribution in [0.25, 0.3) is 22.4 Å². The van der Waals surface area contributed by atoms with Gasteiger partial charge in [-0.25, -0.2) is 17.8 Å². The number of nitrogens with one attached hydrogen (secondary N) is 1. The summed E-state index contributed by atoms with van der Waals surface area (Å²) in [7, 11) is -3.31. The zero-order valence-electron chi connectivity index (χ0n) is 11.0. The summed E-state index contributed by atoms with van der Waals surface area (Å²) in [4.78, 5) is 7.37. The van der Waals surface area contributed by atoms with E-state index in [-0.39, 0.29) is 10.6 Å². The molecule has 7 heteroatoms. The molecule has 0 saturated carbocycles. The van der Waals surface area contributed by atoms with Crippen molar-refractivity contribution in [2.24, 2.45) is 0 Å². The molecule has 1 heterocycles. The first-order chi connectivity index (χ1) is 9.84. The summed E-state index contributed by atoms with van der Waals surface area (Å²) >= 11 is 0. The molecule has 0 saturated heterocycles. The Morgan fingerprint density at radius 3 is 2.62 bits per heavy atom. The molecular formula is C14H11FN2O3S. The molecule has 2 N–H and O–H groups in total. The number of aromatic hydroxyl groups is 1. The fourth-order valence-electron chi connectivity index (χ4n) is 2.05. The average molecular weight is 306 g/mol. The van der Waals surface area contributed by atoms with E-state index in [4.69, 9.17) is 0 Å². The van der Waals surface area contributed by atoms with E-state index >= 15 is 0 Å². The molecule has 0 aliphatic carbocycles. The molecule has 0 amide bonds. The maximum Gasteiger partial charge on any atom is 0.175 e. The Morgan fingerprint density at radius 1 is 1.19 bits per heavy atom. The molecule has 0 spiro atoms. The number of rotatable bonds is 2. The van der Waals surface area contributed by atoms with Crippen LogP contribution in [0.3, 0.4) is 0 Å². The quantitative estimate of drug-likeness (QED) is 0.762. The second kappa shape index (κ2) is 4.56. The first-order valence-electron chi connectivity index (χ1n) is 6.03. The van der Waals surface area contributed by atoms with Crippen molar-refractivity contribution in [1.82, 2.24) is 9.97 Å². The largest absolute Gasteiger partial charge is 0.507 e. The lowest BCUT2D eigenvalue weighted by Crippen LogP contribution is -1.96. The Kier molecular flexibility index (Phi) is 2.94. The van der Waals surface area contributed by atoms with E-state index in [1.165, 1.54) is 24.3 Å². The lowest BCUT2D eigenvalue weighted by Gasteiger charge is -2.00. The highest BCUT2D eigenvalue weighted by Crippen LogP contribution is 2.29. The molecule has 3 rings (SSSR count). The molecule has 0 unspecified atom stereocenters. The molecule has 0 bridgehead atoms. The van der Waals surface area contributed by atoms with Crippen molar-refractivity contribution < 1.29 is 17.9 Å². The van der Waals surface area contributed by atoms with Crippen LogP contribution in [0.5, 0.6) is 5.75 Å². The van der Waals surface area contributed by atoms with Crippen molar-refractivity contribution in [3.05, 3.63) is 42.2 Å². The van der Waals surface area contributed by atoms with Gasteiger partial charge in [0.05, 0.1) is 21.5 Å². The van der Waals surface area contributed by atoms with E-state index in [1.807, 2.05) is 0 Å². The van der Waals surface area contributed by atoms with E-state index in [1.54, 1.807) is 6.07 Å². The number of H-pyrrole nitrogens is 1. The van der Waals surface area contributed by atoms with E-state index in [0.717, 1.165) is 12.3 Å². The highest BCUT2D eigenvalue weighted by molar-refractivity contribution is 7.90. The van der Waals surface area contributed by atoms with Gasteiger partial charge >= 0.3 is 0 Å². The molecule has 0 aliphatic heterocycles. The molecule has 3 aromatic rings. The van der Waals surface area contributed by atoms with Crippen molar-refractivity contribution in [3.63, 3.8) is 0 Å². The number of imidazole rings is 1. The lowest BCUT2D eigenvalue weighted by molar-refractivity contribution is 0.471. The second-order valence-corrected chi connectivity index (χ2v) is 6.71. The van der Waals surface area contributed by atoms with E-state index in [9.17, 15) is 17.9 Å². The number of phenolic OH excluding ortho intramolecular Hbond substituents is 1. The molecule has 108 valence electrons. The molecule has 0 fully saturated rings. The monoisotopic (exact) mass is 306 g/mol. The SMILES string of the molecule is CS(=O)(=O)c1ccc2nc(-c3ccc(F)cc3O)[nH]c2c1. The lowest BCUT2D eigenvalue weighted by atomic mass is 10.2. The summed E-state index contributed by atoms with van der Waals surface area (Å²) < 4.78 is 36.1. The Morgan fingerprint density at radius 2 is 1.95 bits per heavy atom. The number of phenols is 1. The third kappa shape index (κ3) is 2.47. The van der Waals surface area contributed by atoms with Crippen LogP contribution in [0, 0.1) is 5.82 Å². The van der Waals surface area contributed by atoms with E-state index < -0.39 is 15.7 Å². The van der Waals surface area contributed by atoms with Crippen LogP contribution in [-0.2, 0) is 9.84 Å². The maximum atomic E-state index is 13.0. The fraction of sp³-hybridized carbons (Fsp3) is 0.0714. The Bertz CT molecular complexity index is 948. The summed E-state index contributed by atoms with van der Waals surface area (Å²) in [6.45, 7) is 0. The number of fused-ring (bicyclic) bond motifs is 1. The number of aromatic amines is 1. The normalized spacial score (nSPS) is 11.9. The van der Waals surface area contributed by atoms with Crippen molar-refractivity contribution in [2.75, 3.05) is 6.26 Å². The van der Waals surface area contributed by atoms with Crippen LogP contribution in [0.4, 0.5) is 4.39 Å². The van der Waals surface area contributed by atoms with Crippen molar-refractivity contribution in [2.45, 2.75) is 4.90 Å². The average Bonchev–Trinajstić information content (AvgIpc) is 2.79. The van der Waals surface area contributed by atoms with Crippen LogP contribution in [-0.4, -0.2) is 29.7 Å². The van der Waals surface area contributed by atoms with Crippen LogP contribution in [0.1, 0.15) is 0 Å². The zero-order valence-corrected chi connectivity index (χ0v) is 11.8. The molecule has 1 aromatic heterocycles. The molecule has 0 radical (unpaired) electrons. The Labute approximate surface area is 120 Å². The molecule has 5 nitrogen and oxygen atoms in total. The summed E-state index contributed by atoms with van der Waals surface area (Å²) in [6, 6.07) is 8.12. The van der Waals surface area contributed by atoms with Gasteiger partial charge in [-0.05, 0) is 30.3 Å². The van der Waals surface area contributed by atoms with Gasteiger partial charge < -0.3 is 10.1 Å². The predicted octanol–water partition coefficient (Wildman–Crippen LogP) is 2.48. The van der Waals surface area contributed by atoms with Crippen molar-refractivity contribution >= 4 is 20.9 Å². The van der Waals surface area contributed by atoms with Gasteiger partial charge in [-0.1, -0.05) is 0 Å². The van der Waals surface area contributed by atoms with Gasteiger partial charge in [0.1, 0.15) is 17.4 Å². The van der Waals surface area contributed by atoms with E-state index in [2.05, 4.69) is 9.97 Å². The highest BCUT2D eigenvalue weighted by Gasteiger charge is 2.13. The van der Waals surface area contributed by atoms with E-state index in [0.29, 0.717) is 22.4 Å². The number of aromatic nitrogens is 2. The predicted molar refractivity (Wildman–Crippen MR) is 76.3 cm³/mol. The van der Waals surface area contributed by atoms with Gasteiger partial charge in [-0.3, -0.25) is 0 Å². The third-order valence-corrected chi connectivity index (χ3v) is 4.21. The molecule has 2 aromatic carbocycles. The number of sulfone groups is 1. The first-order valence-corrected chi connectivity index (χ1v) is 7.92. The molecule has 0 aliphatic rings. The van der Waals surface area contributed by atoms with Gasteiger partial charge in [0.2, 0.25) is 0 Å². The fourth-order valence-corrected chi connectivity index (χ4v) is 2.70. The maximum absolute atomic E-state index is 13.0. The van der Waals surface area contributed by atoms with Crippen LogP contribution in [0.2, 0.25) is 0 Å². The van der Waals surface area contributed by atoms with Gasteiger partial charge in [-0.2, -0.15) is 0 Å². The summed E-state index contributed by atoms with van der Waals surface area (Å²) in [6.07, 6.45) is 1.12. The number of benzene rings is 2. The highest BCUT2D eigenvalue weighted by atomic mass is 32.2. The minimum Gasteiger partial charge on any atom is -0.507 e. The molecule has 21 heavy (non-hydrogen) atoms. The molecule has 0 atom stereocenters. The topological polar surface area (TPSA) is 83.1 Å². The molecular weight excluding hydrogens is 295 g/mol. The summed E-state index contributed by atoms with van der Waals surface area (Å²) in [5.41, 5.74) is 1.42. The second-order valence-electron chi connectivity index (χ2n) is 4.70. The zero-order chi connectivity index (χ0) is 15.2. The minimum atomic E-state index is -3.31. The van der Waals surface area contributed by atoms with Crippen molar-refractivity contribution in [1.29, 1.82) is 0 Å². The van der Waals surface area contributed by atoms with Crippen LogP contribution in [0.15, 0.2) is 41.3 Å². The smallest absolute Gasteiger partial charge is 0.175 e.